The average molecular weight is 458 g/mol. The van der Waals surface area contributed by atoms with Crippen LogP contribution in [-0.4, -0.2) is 18.7 Å². The number of hydrogen-bond donors (Lipinski definition) is 0. The molecule has 0 unspecified atom stereocenters. The molecule has 0 aliphatic rings. The normalized spacial score (nSPS) is 12.1. The van der Waals surface area contributed by atoms with Crippen molar-refractivity contribution in [3.63, 3.8) is 0 Å². The molecule has 0 fully saturated rings. The standard InChI is InChI=1S/C17H15BrCl2N4O2/c1-10(19)7-8-23-15(25)13-14(22(2)17(23)26)21-16(18)24(13)9-11-3-5-12(20)6-4-11/h3-7H,8-9H2,1-2H3/b10-7+. The van der Waals surface area contributed by atoms with Gasteiger partial charge >= 0.3 is 5.69 Å². The lowest BCUT2D eigenvalue weighted by Gasteiger charge is -2.09. The minimum atomic E-state index is -0.444. The van der Waals surface area contributed by atoms with Crippen LogP contribution in [0.3, 0.4) is 0 Å². The van der Waals surface area contributed by atoms with Crippen LogP contribution in [0.1, 0.15) is 12.5 Å². The summed E-state index contributed by atoms with van der Waals surface area (Å²) in [4.78, 5) is 29.8. The van der Waals surface area contributed by atoms with Gasteiger partial charge in [-0.3, -0.25) is 13.9 Å². The van der Waals surface area contributed by atoms with E-state index in [-0.39, 0.29) is 6.54 Å². The Morgan fingerprint density at radius 3 is 2.50 bits per heavy atom. The van der Waals surface area contributed by atoms with Crippen molar-refractivity contribution in [3.8, 4) is 0 Å². The zero-order chi connectivity index (χ0) is 19.0. The van der Waals surface area contributed by atoms with Gasteiger partial charge in [0.05, 0.1) is 13.1 Å². The first kappa shape index (κ1) is 18.9. The number of rotatable bonds is 4. The van der Waals surface area contributed by atoms with E-state index in [9.17, 15) is 9.59 Å². The number of nitrogens with zero attached hydrogens (tertiary/aromatic N) is 4. The van der Waals surface area contributed by atoms with E-state index in [0.29, 0.717) is 32.5 Å². The van der Waals surface area contributed by atoms with Gasteiger partial charge in [0.25, 0.3) is 5.56 Å². The first-order valence-corrected chi connectivity index (χ1v) is 9.26. The maximum atomic E-state index is 13.0. The molecular weight excluding hydrogens is 443 g/mol. The summed E-state index contributed by atoms with van der Waals surface area (Å²) in [7, 11) is 1.59. The highest BCUT2D eigenvalue weighted by atomic mass is 79.9. The summed E-state index contributed by atoms with van der Waals surface area (Å²) in [6.07, 6.45) is 1.62. The maximum absolute atomic E-state index is 13.0. The summed E-state index contributed by atoms with van der Waals surface area (Å²) >= 11 is 15.2. The smallest absolute Gasteiger partial charge is 0.308 e. The fraction of sp³-hybridized carbons (Fsp3) is 0.235. The van der Waals surface area contributed by atoms with E-state index in [0.717, 1.165) is 10.1 Å². The van der Waals surface area contributed by atoms with Crippen molar-refractivity contribution >= 4 is 50.3 Å². The predicted molar refractivity (Wildman–Crippen MR) is 107 cm³/mol. The van der Waals surface area contributed by atoms with Crippen molar-refractivity contribution in [2.75, 3.05) is 0 Å². The Balaban J connectivity index is 2.22. The average Bonchev–Trinajstić information content (AvgIpc) is 2.91. The second kappa shape index (κ2) is 7.42. The summed E-state index contributed by atoms with van der Waals surface area (Å²) < 4.78 is 4.70. The van der Waals surface area contributed by atoms with E-state index < -0.39 is 11.2 Å². The molecule has 0 aliphatic heterocycles. The second-order valence-corrected chi connectivity index (χ2v) is 7.56. The first-order chi connectivity index (χ1) is 12.3. The molecule has 0 amide bonds. The summed E-state index contributed by atoms with van der Waals surface area (Å²) in [5, 5.41) is 1.14. The third-order valence-corrected chi connectivity index (χ3v) is 5.01. The molecule has 3 aromatic rings. The molecule has 2 aromatic heterocycles. The minimum Gasteiger partial charge on any atom is -0.308 e. The Labute approximate surface area is 167 Å². The molecule has 0 saturated carbocycles. The molecule has 3 rings (SSSR count). The summed E-state index contributed by atoms with van der Waals surface area (Å²) in [6.45, 7) is 2.20. The van der Waals surface area contributed by atoms with E-state index in [1.165, 1.54) is 4.57 Å². The van der Waals surface area contributed by atoms with Crippen LogP contribution in [0.15, 0.2) is 49.7 Å². The van der Waals surface area contributed by atoms with Gasteiger partial charge in [-0.25, -0.2) is 9.78 Å². The second-order valence-electron chi connectivity index (χ2n) is 5.81. The zero-order valence-corrected chi connectivity index (χ0v) is 17.1. The molecule has 0 bridgehead atoms. The molecular formula is C17H15BrCl2N4O2. The molecule has 2 heterocycles. The van der Waals surface area contributed by atoms with Crippen molar-refractivity contribution < 1.29 is 0 Å². The Bertz CT molecular complexity index is 1120. The number of hydrogen-bond acceptors (Lipinski definition) is 3. The summed E-state index contributed by atoms with van der Waals surface area (Å²) in [5.74, 6) is 0. The highest BCUT2D eigenvalue weighted by molar-refractivity contribution is 9.10. The number of halogens is 3. The number of aromatic nitrogens is 4. The van der Waals surface area contributed by atoms with Gasteiger partial charge in [-0.2, -0.15) is 0 Å². The molecule has 136 valence electrons. The van der Waals surface area contributed by atoms with Crippen LogP contribution in [0.25, 0.3) is 11.2 Å². The number of allylic oxidation sites excluding steroid dienone is 2. The van der Waals surface area contributed by atoms with Gasteiger partial charge in [0.2, 0.25) is 0 Å². The quantitative estimate of drug-likeness (QED) is 0.563. The molecule has 0 aliphatic carbocycles. The van der Waals surface area contributed by atoms with E-state index in [1.807, 2.05) is 12.1 Å². The lowest BCUT2D eigenvalue weighted by atomic mass is 10.2. The molecule has 0 spiro atoms. The van der Waals surface area contributed by atoms with Gasteiger partial charge in [-0.15, -0.1) is 0 Å². The van der Waals surface area contributed by atoms with Crippen molar-refractivity contribution in [2.24, 2.45) is 7.05 Å². The van der Waals surface area contributed by atoms with Crippen LogP contribution in [0.4, 0.5) is 0 Å². The Morgan fingerprint density at radius 1 is 1.23 bits per heavy atom. The molecule has 26 heavy (non-hydrogen) atoms. The number of fused-ring (bicyclic) bond motifs is 1. The summed E-state index contributed by atoms with van der Waals surface area (Å²) in [6, 6.07) is 7.32. The molecule has 0 saturated heterocycles. The minimum absolute atomic E-state index is 0.0977. The van der Waals surface area contributed by atoms with Crippen LogP contribution in [0.5, 0.6) is 0 Å². The zero-order valence-electron chi connectivity index (χ0n) is 14.0. The van der Waals surface area contributed by atoms with Crippen molar-refractivity contribution in [1.82, 2.24) is 18.7 Å². The Kier molecular flexibility index (Phi) is 5.41. The largest absolute Gasteiger partial charge is 0.332 e. The van der Waals surface area contributed by atoms with Crippen molar-refractivity contribution in [2.45, 2.75) is 20.0 Å². The third kappa shape index (κ3) is 3.51. The SMILES string of the molecule is C/C(Cl)=C\Cn1c(=O)c2c(nc(Br)n2Cc2ccc(Cl)cc2)n(C)c1=O. The third-order valence-electron chi connectivity index (χ3n) is 3.99. The fourth-order valence-electron chi connectivity index (χ4n) is 2.64. The molecule has 6 nitrogen and oxygen atoms in total. The summed E-state index contributed by atoms with van der Waals surface area (Å²) in [5.41, 5.74) is 0.758. The Hall–Kier alpha value is -1.83. The van der Waals surface area contributed by atoms with Crippen LogP contribution >= 0.6 is 39.1 Å². The molecule has 1 aromatic carbocycles. The van der Waals surface area contributed by atoms with Crippen LogP contribution in [0.2, 0.25) is 5.02 Å². The lowest BCUT2D eigenvalue weighted by Crippen LogP contribution is -2.39. The van der Waals surface area contributed by atoms with Crippen molar-refractivity contribution in [1.29, 1.82) is 0 Å². The van der Waals surface area contributed by atoms with Gasteiger partial charge < -0.3 is 4.57 Å². The number of aryl methyl sites for hydroxylation is 1. The Morgan fingerprint density at radius 2 is 1.88 bits per heavy atom. The van der Waals surface area contributed by atoms with Gasteiger partial charge in [0.15, 0.2) is 15.9 Å². The van der Waals surface area contributed by atoms with Crippen LogP contribution < -0.4 is 11.2 Å². The van der Waals surface area contributed by atoms with Crippen LogP contribution in [-0.2, 0) is 20.1 Å². The van der Waals surface area contributed by atoms with Crippen LogP contribution in [0, 0.1) is 0 Å². The lowest BCUT2D eigenvalue weighted by molar-refractivity contribution is 0.662. The van der Waals surface area contributed by atoms with E-state index in [4.69, 9.17) is 23.2 Å². The fourth-order valence-corrected chi connectivity index (χ4v) is 3.31. The van der Waals surface area contributed by atoms with E-state index >= 15 is 0 Å². The molecule has 0 atom stereocenters. The first-order valence-electron chi connectivity index (χ1n) is 7.72. The van der Waals surface area contributed by atoms with E-state index in [2.05, 4.69) is 20.9 Å². The highest BCUT2D eigenvalue weighted by Crippen LogP contribution is 2.19. The highest BCUT2D eigenvalue weighted by Gasteiger charge is 2.19. The van der Waals surface area contributed by atoms with Gasteiger partial charge in [-0.05, 0) is 40.5 Å². The van der Waals surface area contributed by atoms with Crippen molar-refractivity contribution in [3.05, 3.63) is 71.5 Å². The van der Waals surface area contributed by atoms with E-state index in [1.54, 1.807) is 36.7 Å². The van der Waals surface area contributed by atoms with Gasteiger partial charge in [0, 0.05) is 17.1 Å². The molecule has 0 radical (unpaired) electrons. The molecule has 9 heteroatoms. The van der Waals surface area contributed by atoms with Gasteiger partial charge in [-0.1, -0.05) is 41.4 Å². The molecule has 0 N–H and O–H groups in total. The number of imidazole rings is 1. The maximum Gasteiger partial charge on any atom is 0.332 e. The van der Waals surface area contributed by atoms with Gasteiger partial charge in [0.1, 0.15) is 0 Å². The topological polar surface area (TPSA) is 61.8 Å². The monoisotopic (exact) mass is 456 g/mol. The number of benzene rings is 1. The predicted octanol–water partition coefficient (Wildman–Crippen LogP) is 3.50.